The number of aromatic nitrogens is 4. The molecule has 136 valence electrons. The van der Waals surface area contributed by atoms with Crippen LogP contribution in [0.5, 0.6) is 0 Å². The molecular formula is C21H26N4O. The van der Waals surface area contributed by atoms with Gasteiger partial charge >= 0.3 is 0 Å². The van der Waals surface area contributed by atoms with Crippen LogP contribution in [0.15, 0.2) is 35.1 Å². The van der Waals surface area contributed by atoms with Crippen molar-refractivity contribution in [2.24, 2.45) is 5.41 Å². The molecule has 2 aromatic heterocycles. The first-order chi connectivity index (χ1) is 12.5. The van der Waals surface area contributed by atoms with Gasteiger partial charge in [0.25, 0.3) is 5.56 Å². The van der Waals surface area contributed by atoms with Gasteiger partial charge in [-0.3, -0.25) is 4.79 Å². The summed E-state index contributed by atoms with van der Waals surface area (Å²) in [5, 5.41) is 4.79. The predicted octanol–water partition coefficient (Wildman–Crippen LogP) is 4.33. The number of H-pyrrole nitrogens is 1. The molecule has 1 aliphatic rings. The number of hydrogen-bond acceptors (Lipinski definition) is 3. The Balaban J connectivity index is 1.85. The summed E-state index contributed by atoms with van der Waals surface area (Å²) >= 11 is 0. The van der Waals surface area contributed by atoms with Crippen molar-refractivity contribution in [3.63, 3.8) is 0 Å². The molecule has 0 atom stereocenters. The van der Waals surface area contributed by atoms with Gasteiger partial charge in [0.05, 0.1) is 5.69 Å². The Morgan fingerprint density at radius 3 is 2.54 bits per heavy atom. The molecule has 3 aromatic rings. The number of imidazole rings is 1. The van der Waals surface area contributed by atoms with Gasteiger partial charge in [-0.05, 0) is 37.5 Å². The van der Waals surface area contributed by atoms with E-state index in [1.807, 2.05) is 41.8 Å². The minimum atomic E-state index is -0.106. The van der Waals surface area contributed by atoms with Crippen LogP contribution in [-0.4, -0.2) is 19.6 Å². The van der Waals surface area contributed by atoms with Gasteiger partial charge in [0.1, 0.15) is 5.82 Å². The lowest BCUT2D eigenvalue weighted by Crippen LogP contribution is -2.22. The standard InChI is InChI=1S/C21H26N4O/c1-4-16-17-20(26)23-18(14-8-6-5-7-9-14)24-25(17)19(22-16)15-10-12-21(2,3)13-11-15/h5-9,15H,4,10-13H2,1-3H3,(H,23,24,26). The molecule has 1 aromatic carbocycles. The van der Waals surface area contributed by atoms with Crippen LogP contribution in [0.4, 0.5) is 0 Å². The lowest BCUT2D eigenvalue weighted by Gasteiger charge is -2.33. The zero-order valence-corrected chi connectivity index (χ0v) is 15.7. The molecule has 0 aliphatic heterocycles. The number of aromatic amines is 1. The van der Waals surface area contributed by atoms with Crippen LogP contribution in [0.25, 0.3) is 16.9 Å². The number of aryl methyl sites for hydroxylation is 1. The molecular weight excluding hydrogens is 324 g/mol. The summed E-state index contributed by atoms with van der Waals surface area (Å²) in [6.07, 6.45) is 5.30. The van der Waals surface area contributed by atoms with Crippen molar-refractivity contribution in [3.8, 4) is 11.4 Å². The quantitative estimate of drug-likeness (QED) is 0.765. The van der Waals surface area contributed by atoms with Crippen molar-refractivity contribution in [1.82, 2.24) is 19.6 Å². The highest BCUT2D eigenvalue weighted by atomic mass is 16.1. The van der Waals surface area contributed by atoms with Gasteiger partial charge in [-0.1, -0.05) is 51.1 Å². The summed E-state index contributed by atoms with van der Waals surface area (Å²) < 4.78 is 1.82. The van der Waals surface area contributed by atoms with Crippen molar-refractivity contribution in [1.29, 1.82) is 0 Å². The van der Waals surface area contributed by atoms with E-state index in [1.165, 1.54) is 12.8 Å². The molecule has 1 saturated carbocycles. The molecule has 4 rings (SSSR count). The molecule has 26 heavy (non-hydrogen) atoms. The second-order valence-electron chi connectivity index (χ2n) is 8.14. The molecule has 0 amide bonds. The minimum absolute atomic E-state index is 0.106. The minimum Gasteiger partial charge on any atom is -0.303 e. The third-order valence-corrected chi connectivity index (χ3v) is 5.69. The van der Waals surface area contributed by atoms with E-state index in [4.69, 9.17) is 10.1 Å². The van der Waals surface area contributed by atoms with Crippen LogP contribution >= 0.6 is 0 Å². The Bertz CT molecular complexity index is 974. The molecule has 1 aliphatic carbocycles. The number of nitrogens with zero attached hydrogens (tertiary/aromatic N) is 3. The van der Waals surface area contributed by atoms with Crippen molar-refractivity contribution >= 4 is 5.52 Å². The van der Waals surface area contributed by atoms with Crippen molar-refractivity contribution < 1.29 is 0 Å². The van der Waals surface area contributed by atoms with Crippen molar-refractivity contribution in [2.75, 3.05) is 0 Å². The molecule has 1 fully saturated rings. The largest absolute Gasteiger partial charge is 0.303 e. The van der Waals surface area contributed by atoms with Gasteiger partial charge in [-0.2, -0.15) is 0 Å². The Kier molecular flexibility index (Phi) is 4.17. The number of hydrogen-bond donors (Lipinski definition) is 1. The number of rotatable bonds is 3. The molecule has 5 heteroatoms. The van der Waals surface area contributed by atoms with E-state index in [0.29, 0.717) is 22.7 Å². The number of fused-ring (bicyclic) bond motifs is 1. The fourth-order valence-corrected chi connectivity index (χ4v) is 3.99. The summed E-state index contributed by atoms with van der Waals surface area (Å²) in [4.78, 5) is 20.6. The number of benzene rings is 1. The highest BCUT2D eigenvalue weighted by Gasteiger charge is 2.31. The van der Waals surface area contributed by atoms with E-state index in [2.05, 4.69) is 18.8 Å². The van der Waals surface area contributed by atoms with Gasteiger partial charge in [0.15, 0.2) is 11.3 Å². The van der Waals surface area contributed by atoms with Gasteiger partial charge in [0.2, 0.25) is 0 Å². The molecule has 0 spiro atoms. The van der Waals surface area contributed by atoms with Crippen molar-refractivity contribution in [3.05, 3.63) is 52.2 Å². The Labute approximate surface area is 153 Å². The van der Waals surface area contributed by atoms with E-state index in [1.54, 1.807) is 0 Å². The predicted molar refractivity (Wildman–Crippen MR) is 103 cm³/mol. The first-order valence-corrected chi connectivity index (χ1v) is 9.56. The second kappa shape index (κ2) is 6.38. The Morgan fingerprint density at radius 1 is 1.19 bits per heavy atom. The van der Waals surface area contributed by atoms with Crippen LogP contribution in [0.3, 0.4) is 0 Å². The van der Waals surface area contributed by atoms with E-state index >= 15 is 0 Å². The fourth-order valence-electron chi connectivity index (χ4n) is 3.99. The van der Waals surface area contributed by atoms with Crippen molar-refractivity contribution in [2.45, 2.75) is 58.8 Å². The Morgan fingerprint density at radius 2 is 1.88 bits per heavy atom. The first-order valence-electron chi connectivity index (χ1n) is 9.56. The van der Waals surface area contributed by atoms with Crippen LogP contribution in [-0.2, 0) is 6.42 Å². The molecule has 1 N–H and O–H groups in total. The van der Waals surface area contributed by atoms with Gasteiger partial charge < -0.3 is 4.98 Å². The molecule has 0 unspecified atom stereocenters. The maximum absolute atomic E-state index is 12.8. The summed E-state index contributed by atoms with van der Waals surface area (Å²) in [5.41, 5.74) is 2.65. The third-order valence-electron chi connectivity index (χ3n) is 5.69. The van der Waals surface area contributed by atoms with Crippen LogP contribution in [0.2, 0.25) is 0 Å². The lowest BCUT2D eigenvalue weighted by atomic mass is 9.73. The molecule has 0 saturated heterocycles. The highest BCUT2D eigenvalue weighted by molar-refractivity contribution is 5.58. The zero-order chi connectivity index (χ0) is 18.3. The van der Waals surface area contributed by atoms with Crippen LogP contribution < -0.4 is 5.56 Å². The lowest BCUT2D eigenvalue weighted by molar-refractivity contribution is 0.220. The smallest absolute Gasteiger partial charge is 0.277 e. The topological polar surface area (TPSA) is 63.1 Å². The summed E-state index contributed by atoms with van der Waals surface area (Å²) in [6.45, 7) is 6.71. The average molecular weight is 350 g/mol. The monoisotopic (exact) mass is 350 g/mol. The third kappa shape index (κ3) is 2.96. The molecule has 5 nitrogen and oxygen atoms in total. The zero-order valence-electron chi connectivity index (χ0n) is 15.7. The first kappa shape index (κ1) is 17.0. The Hall–Kier alpha value is -2.43. The van der Waals surface area contributed by atoms with E-state index in [-0.39, 0.29) is 5.56 Å². The summed E-state index contributed by atoms with van der Waals surface area (Å²) in [5.74, 6) is 1.92. The van der Waals surface area contributed by atoms with Crippen LogP contribution in [0.1, 0.15) is 63.9 Å². The number of nitrogens with one attached hydrogen (secondary N) is 1. The SMILES string of the molecule is CCc1nc(C2CCC(C)(C)CC2)n2nc(-c3ccccc3)[nH]c(=O)c12. The van der Waals surface area contributed by atoms with E-state index < -0.39 is 0 Å². The van der Waals surface area contributed by atoms with Gasteiger partial charge in [-0.25, -0.2) is 9.50 Å². The highest BCUT2D eigenvalue weighted by Crippen LogP contribution is 2.42. The normalized spacial score (nSPS) is 17.7. The molecule has 0 radical (unpaired) electrons. The van der Waals surface area contributed by atoms with E-state index in [0.717, 1.165) is 36.3 Å². The fraction of sp³-hybridized carbons (Fsp3) is 0.476. The maximum atomic E-state index is 12.8. The molecule has 0 bridgehead atoms. The van der Waals surface area contributed by atoms with Gasteiger partial charge in [0, 0.05) is 11.5 Å². The van der Waals surface area contributed by atoms with E-state index in [9.17, 15) is 4.79 Å². The maximum Gasteiger partial charge on any atom is 0.277 e. The van der Waals surface area contributed by atoms with Crippen LogP contribution in [0, 0.1) is 5.41 Å². The summed E-state index contributed by atoms with van der Waals surface area (Å²) in [7, 11) is 0. The molecule has 2 heterocycles. The second-order valence-corrected chi connectivity index (χ2v) is 8.14. The average Bonchev–Trinajstić information content (AvgIpc) is 3.02. The summed E-state index contributed by atoms with van der Waals surface area (Å²) in [6, 6.07) is 9.79. The van der Waals surface area contributed by atoms with Gasteiger partial charge in [-0.15, -0.1) is 5.10 Å².